The van der Waals surface area contributed by atoms with Crippen molar-refractivity contribution in [2.75, 3.05) is 0 Å². The van der Waals surface area contributed by atoms with E-state index in [1.807, 2.05) is 12.1 Å². The Morgan fingerprint density at radius 1 is 1.11 bits per heavy atom. The quantitative estimate of drug-likeness (QED) is 0.743. The minimum atomic E-state index is 0.788. The molecule has 0 radical (unpaired) electrons. The number of nitrogens with one attached hydrogen (secondary N) is 1. The number of aromatic nitrogens is 3. The highest BCUT2D eigenvalue weighted by Gasteiger charge is 2.04. The number of aromatic amines is 1. The van der Waals surface area contributed by atoms with E-state index in [-0.39, 0.29) is 0 Å². The second kappa shape index (κ2) is 4.26. The minimum absolute atomic E-state index is 0.788. The number of H-pyrrole nitrogens is 1. The number of imidazole rings is 1. The molecule has 1 N–H and O–H groups in total. The molecule has 0 saturated heterocycles. The summed E-state index contributed by atoms with van der Waals surface area (Å²) in [6, 6.07) is 10.4. The summed E-state index contributed by atoms with van der Waals surface area (Å²) in [5.41, 5.74) is 5.71. The molecule has 0 aliphatic carbocycles. The molecular formula is C15H15N3. The number of benzene rings is 1. The number of aryl methyl sites for hydroxylation is 2. The second-order valence-electron chi connectivity index (χ2n) is 4.65. The fourth-order valence-electron chi connectivity index (χ4n) is 2.09. The third-order valence-electron chi connectivity index (χ3n) is 3.25. The van der Waals surface area contributed by atoms with Crippen molar-refractivity contribution in [3.63, 3.8) is 0 Å². The first-order valence-corrected chi connectivity index (χ1v) is 6.08. The van der Waals surface area contributed by atoms with E-state index >= 15 is 0 Å². The van der Waals surface area contributed by atoms with E-state index in [2.05, 4.69) is 47.0 Å². The zero-order valence-corrected chi connectivity index (χ0v) is 10.6. The van der Waals surface area contributed by atoms with E-state index in [0.717, 1.165) is 23.4 Å². The minimum Gasteiger partial charge on any atom is -0.340 e. The number of fused-ring (bicyclic) bond motifs is 1. The molecule has 0 aliphatic rings. The van der Waals surface area contributed by atoms with E-state index in [1.54, 1.807) is 6.20 Å². The lowest BCUT2D eigenvalue weighted by molar-refractivity contribution is 1.03. The molecule has 2 heterocycles. The van der Waals surface area contributed by atoms with E-state index in [4.69, 9.17) is 0 Å². The molecule has 18 heavy (non-hydrogen) atoms. The zero-order chi connectivity index (χ0) is 12.5. The molecule has 1 aromatic carbocycles. The molecule has 0 spiro atoms. The molecule has 3 rings (SSSR count). The third kappa shape index (κ3) is 1.99. The molecule has 0 amide bonds. The van der Waals surface area contributed by atoms with Gasteiger partial charge in [0.2, 0.25) is 0 Å². The summed E-state index contributed by atoms with van der Waals surface area (Å²) in [5, 5.41) is 0. The van der Waals surface area contributed by atoms with Crippen molar-refractivity contribution in [2.45, 2.75) is 20.3 Å². The molecule has 3 heteroatoms. The van der Waals surface area contributed by atoms with Crippen LogP contribution in [-0.2, 0) is 6.42 Å². The summed E-state index contributed by atoms with van der Waals surface area (Å²) >= 11 is 0. The Bertz CT molecular complexity index is 665. The van der Waals surface area contributed by atoms with Gasteiger partial charge in [0.15, 0.2) is 5.65 Å². The molecule has 0 atom stereocenters. The van der Waals surface area contributed by atoms with Crippen LogP contribution in [0.4, 0.5) is 0 Å². The van der Waals surface area contributed by atoms with Gasteiger partial charge in [0, 0.05) is 12.6 Å². The molecule has 0 saturated carbocycles. The molecular weight excluding hydrogens is 222 g/mol. The molecule has 90 valence electrons. The highest BCUT2D eigenvalue weighted by molar-refractivity contribution is 5.69. The Balaban J connectivity index is 1.93. The van der Waals surface area contributed by atoms with Gasteiger partial charge in [-0.15, -0.1) is 0 Å². The SMILES string of the molecule is Cc1ccc(Cc2nc3ncccc3[nH]2)cc1C. The fourth-order valence-corrected chi connectivity index (χ4v) is 2.09. The monoisotopic (exact) mass is 237 g/mol. The summed E-state index contributed by atoms with van der Waals surface area (Å²) in [6.45, 7) is 4.27. The van der Waals surface area contributed by atoms with Crippen molar-refractivity contribution in [3.8, 4) is 0 Å². The Hall–Kier alpha value is -2.16. The molecule has 3 aromatic rings. The third-order valence-corrected chi connectivity index (χ3v) is 3.25. The predicted molar refractivity (Wildman–Crippen MR) is 72.6 cm³/mol. The van der Waals surface area contributed by atoms with Gasteiger partial charge < -0.3 is 4.98 Å². The Morgan fingerprint density at radius 3 is 2.78 bits per heavy atom. The number of hydrogen-bond acceptors (Lipinski definition) is 2. The predicted octanol–water partition coefficient (Wildman–Crippen LogP) is 3.17. The highest BCUT2D eigenvalue weighted by atomic mass is 15.0. The normalized spacial score (nSPS) is 11.0. The fraction of sp³-hybridized carbons (Fsp3) is 0.200. The van der Waals surface area contributed by atoms with Crippen molar-refractivity contribution in [2.24, 2.45) is 0 Å². The Kier molecular flexibility index (Phi) is 2.59. The van der Waals surface area contributed by atoms with Crippen LogP contribution in [0.15, 0.2) is 36.5 Å². The number of hydrogen-bond donors (Lipinski definition) is 1. The van der Waals surface area contributed by atoms with E-state index in [1.165, 1.54) is 16.7 Å². The van der Waals surface area contributed by atoms with Crippen LogP contribution in [0, 0.1) is 13.8 Å². The van der Waals surface area contributed by atoms with E-state index in [9.17, 15) is 0 Å². The van der Waals surface area contributed by atoms with Crippen molar-refractivity contribution in [1.82, 2.24) is 15.0 Å². The lowest BCUT2D eigenvalue weighted by atomic mass is 10.0. The summed E-state index contributed by atoms with van der Waals surface area (Å²) < 4.78 is 0. The average Bonchev–Trinajstić information content (AvgIpc) is 2.76. The van der Waals surface area contributed by atoms with Crippen LogP contribution in [-0.4, -0.2) is 15.0 Å². The van der Waals surface area contributed by atoms with Crippen molar-refractivity contribution in [1.29, 1.82) is 0 Å². The lowest BCUT2D eigenvalue weighted by Gasteiger charge is -2.03. The van der Waals surface area contributed by atoms with E-state index in [0.29, 0.717) is 0 Å². The van der Waals surface area contributed by atoms with Crippen LogP contribution in [0.25, 0.3) is 11.2 Å². The van der Waals surface area contributed by atoms with Gasteiger partial charge in [0.1, 0.15) is 5.82 Å². The van der Waals surface area contributed by atoms with Crippen LogP contribution in [0.3, 0.4) is 0 Å². The van der Waals surface area contributed by atoms with E-state index < -0.39 is 0 Å². The molecule has 0 fully saturated rings. The van der Waals surface area contributed by atoms with Crippen LogP contribution in [0.5, 0.6) is 0 Å². The average molecular weight is 237 g/mol. The van der Waals surface area contributed by atoms with Gasteiger partial charge in [0.05, 0.1) is 5.52 Å². The Labute approximate surface area is 106 Å². The maximum atomic E-state index is 4.49. The number of pyridine rings is 1. The van der Waals surface area contributed by atoms with Gasteiger partial charge >= 0.3 is 0 Å². The second-order valence-corrected chi connectivity index (χ2v) is 4.65. The first kappa shape index (κ1) is 11.0. The summed E-state index contributed by atoms with van der Waals surface area (Å²) in [4.78, 5) is 12.0. The van der Waals surface area contributed by atoms with Crippen LogP contribution in [0.2, 0.25) is 0 Å². The first-order chi connectivity index (χ1) is 8.72. The standard InChI is InChI=1S/C15H15N3/c1-10-5-6-12(8-11(10)2)9-14-17-13-4-3-7-16-15(13)18-14/h3-8H,9H2,1-2H3,(H,16,17,18). The van der Waals surface area contributed by atoms with Crippen molar-refractivity contribution >= 4 is 11.2 Å². The van der Waals surface area contributed by atoms with Crippen LogP contribution >= 0.6 is 0 Å². The summed E-state index contributed by atoms with van der Waals surface area (Å²) in [6.07, 6.45) is 2.58. The smallest absolute Gasteiger partial charge is 0.177 e. The first-order valence-electron chi connectivity index (χ1n) is 6.08. The molecule has 0 aliphatic heterocycles. The van der Waals surface area contributed by atoms with Gasteiger partial charge in [-0.2, -0.15) is 0 Å². The van der Waals surface area contributed by atoms with Gasteiger partial charge in [-0.25, -0.2) is 9.97 Å². The molecule has 2 aromatic heterocycles. The van der Waals surface area contributed by atoms with Gasteiger partial charge in [-0.3, -0.25) is 0 Å². The van der Waals surface area contributed by atoms with Gasteiger partial charge in [-0.1, -0.05) is 18.2 Å². The van der Waals surface area contributed by atoms with Crippen LogP contribution < -0.4 is 0 Å². The zero-order valence-electron chi connectivity index (χ0n) is 10.6. The summed E-state index contributed by atoms with van der Waals surface area (Å²) in [5.74, 6) is 0.965. The van der Waals surface area contributed by atoms with Crippen molar-refractivity contribution < 1.29 is 0 Å². The van der Waals surface area contributed by atoms with Crippen molar-refractivity contribution in [3.05, 3.63) is 59.0 Å². The maximum Gasteiger partial charge on any atom is 0.177 e. The number of nitrogens with zero attached hydrogens (tertiary/aromatic N) is 2. The largest absolute Gasteiger partial charge is 0.340 e. The highest BCUT2D eigenvalue weighted by Crippen LogP contribution is 2.14. The summed E-state index contributed by atoms with van der Waals surface area (Å²) in [7, 11) is 0. The van der Waals surface area contributed by atoms with Crippen LogP contribution in [0.1, 0.15) is 22.5 Å². The molecule has 0 unspecified atom stereocenters. The van der Waals surface area contributed by atoms with Gasteiger partial charge in [-0.05, 0) is 42.7 Å². The number of rotatable bonds is 2. The van der Waals surface area contributed by atoms with Gasteiger partial charge in [0.25, 0.3) is 0 Å². The Morgan fingerprint density at radius 2 is 2.00 bits per heavy atom. The molecule has 3 nitrogen and oxygen atoms in total. The maximum absolute atomic E-state index is 4.49. The molecule has 0 bridgehead atoms. The topological polar surface area (TPSA) is 41.6 Å². The lowest BCUT2D eigenvalue weighted by Crippen LogP contribution is -1.92.